The van der Waals surface area contributed by atoms with Crippen molar-refractivity contribution in [2.24, 2.45) is 0 Å². The average Bonchev–Trinajstić information content (AvgIpc) is 2.47. The van der Waals surface area contributed by atoms with E-state index in [9.17, 15) is 14.7 Å². The molecule has 0 aromatic carbocycles. The molecular formula is C14H26N4O3. The van der Waals surface area contributed by atoms with E-state index in [-0.39, 0.29) is 12.1 Å². The number of urea groups is 1. The number of carbonyl (C=O) groups is 2. The second kappa shape index (κ2) is 7.09. The number of rotatable bonds is 3. The van der Waals surface area contributed by atoms with Crippen LogP contribution in [0.4, 0.5) is 4.79 Å². The number of amides is 2. The van der Waals surface area contributed by atoms with Crippen LogP contribution < -0.4 is 5.32 Å². The lowest BCUT2D eigenvalue weighted by atomic mass is 10.0. The molecule has 0 aliphatic carbocycles. The quantitative estimate of drug-likeness (QED) is 0.760. The Morgan fingerprint density at radius 2 is 1.95 bits per heavy atom. The molecule has 2 atom stereocenters. The number of piperazine rings is 1. The van der Waals surface area contributed by atoms with Crippen LogP contribution in [0.15, 0.2) is 0 Å². The Morgan fingerprint density at radius 3 is 2.67 bits per heavy atom. The minimum absolute atomic E-state index is 0.247. The molecule has 2 aliphatic heterocycles. The molecule has 0 spiro atoms. The molecule has 2 unspecified atom stereocenters. The van der Waals surface area contributed by atoms with E-state index in [1.807, 2.05) is 0 Å². The van der Waals surface area contributed by atoms with Crippen molar-refractivity contribution in [3.63, 3.8) is 0 Å². The average molecular weight is 298 g/mol. The molecule has 0 aromatic rings. The lowest BCUT2D eigenvalue weighted by Crippen LogP contribution is -2.57. The number of aliphatic carboxylic acids is 1. The third-order valence-corrected chi connectivity index (χ3v) is 4.52. The summed E-state index contributed by atoms with van der Waals surface area (Å²) < 4.78 is 0. The number of carbonyl (C=O) groups excluding carboxylic acids is 1. The predicted octanol–water partition coefficient (Wildman–Crippen LogP) is -0.119. The van der Waals surface area contributed by atoms with Gasteiger partial charge in [-0.25, -0.2) is 9.59 Å². The minimum Gasteiger partial charge on any atom is -0.480 e. The van der Waals surface area contributed by atoms with Gasteiger partial charge in [0.15, 0.2) is 0 Å². The zero-order valence-corrected chi connectivity index (χ0v) is 12.9. The molecule has 2 rings (SSSR count). The van der Waals surface area contributed by atoms with Gasteiger partial charge in [0.05, 0.1) is 0 Å². The van der Waals surface area contributed by atoms with Gasteiger partial charge < -0.3 is 20.2 Å². The molecule has 0 radical (unpaired) electrons. The standard InChI is InChI=1S/C14H26N4O3/c1-16-7-8-17(2)11(10-16)9-15-14(21)18-6-4-3-5-12(18)13(19)20/h11-12H,3-10H2,1-2H3,(H,15,21)(H,19,20). The van der Waals surface area contributed by atoms with Gasteiger partial charge in [-0.2, -0.15) is 0 Å². The zero-order chi connectivity index (χ0) is 15.4. The molecule has 2 heterocycles. The maximum Gasteiger partial charge on any atom is 0.326 e. The highest BCUT2D eigenvalue weighted by molar-refractivity contribution is 5.82. The van der Waals surface area contributed by atoms with Crippen molar-refractivity contribution in [3.8, 4) is 0 Å². The van der Waals surface area contributed by atoms with Crippen molar-refractivity contribution < 1.29 is 14.7 Å². The smallest absolute Gasteiger partial charge is 0.326 e. The van der Waals surface area contributed by atoms with Gasteiger partial charge in [0, 0.05) is 38.8 Å². The van der Waals surface area contributed by atoms with E-state index in [0.29, 0.717) is 19.5 Å². The summed E-state index contributed by atoms with van der Waals surface area (Å²) in [4.78, 5) is 29.5. The zero-order valence-electron chi connectivity index (χ0n) is 12.9. The topological polar surface area (TPSA) is 76.1 Å². The molecule has 7 heteroatoms. The number of likely N-dealkylation sites (tertiary alicyclic amines) is 1. The van der Waals surface area contributed by atoms with Crippen LogP contribution in [-0.2, 0) is 4.79 Å². The van der Waals surface area contributed by atoms with Gasteiger partial charge in [-0.05, 0) is 33.4 Å². The molecule has 2 amide bonds. The first-order chi connectivity index (χ1) is 9.99. The Labute approximate surface area is 125 Å². The number of hydrogen-bond donors (Lipinski definition) is 2. The van der Waals surface area contributed by atoms with Crippen molar-refractivity contribution in [2.75, 3.05) is 46.8 Å². The van der Waals surface area contributed by atoms with E-state index in [4.69, 9.17) is 0 Å². The van der Waals surface area contributed by atoms with Gasteiger partial charge in [0.1, 0.15) is 6.04 Å². The summed E-state index contributed by atoms with van der Waals surface area (Å²) in [5.41, 5.74) is 0. The number of hydrogen-bond acceptors (Lipinski definition) is 4. The summed E-state index contributed by atoms with van der Waals surface area (Å²) >= 11 is 0. The minimum atomic E-state index is -0.903. The Kier molecular flexibility index (Phi) is 5.41. The summed E-state index contributed by atoms with van der Waals surface area (Å²) in [5.74, 6) is -0.903. The van der Waals surface area contributed by atoms with E-state index in [2.05, 4.69) is 29.2 Å². The lowest BCUT2D eigenvalue weighted by Gasteiger charge is -2.38. The van der Waals surface area contributed by atoms with Crippen LogP contribution in [-0.4, -0.2) is 90.7 Å². The summed E-state index contributed by atoms with van der Waals surface area (Å²) in [6.45, 7) is 4.03. The van der Waals surface area contributed by atoms with Crippen LogP contribution in [0.1, 0.15) is 19.3 Å². The summed E-state index contributed by atoms with van der Waals surface area (Å²) in [6, 6.07) is -0.644. The molecule has 0 saturated carbocycles. The molecule has 0 aromatic heterocycles. The third-order valence-electron chi connectivity index (χ3n) is 4.52. The maximum atomic E-state index is 12.3. The summed E-state index contributed by atoms with van der Waals surface area (Å²) in [7, 11) is 4.14. The normalized spacial score (nSPS) is 28.4. The third kappa shape index (κ3) is 4.07. The highest BCUT2D eigenvalue weighted by atomic mass is 16.4. The second-order valence-corrected chi connectivity index (χ2v) is 6.13. The molecule has 2 aliphatic rings. The van der Waals surface area contributed by atoms with Gasteiger partial charge >= 0.3 is 12.0 Å². The van der Waals surface area contributed by atoms with Crippen molar-refractivity contribution >= 4 is 12.0 Å². The number of likely N-dealkylation sites (N-methyl/N-ethyl adjacent to an activating group) is 2. The van der Waals surface area contributed by atoms with Crippen LogP contribution in [0, 0.1) is 0 Å². The van der Waals surface area contributed by atoms with Crippen LogP contribution >= 0.6 is 0 Å². The SMILES string of the molecule is CN1CCN(C)C(CNC(=O)N2CCCCC2C(=O)O)C1. The van der Waals surface area contributed by atoms with Crippen molar-refractivity contribution in [3.05, 3.63) is 0 Å². The van der Waals surface area contributed by atoms with E-state index >= 15 is 0 Å². The first kappa shape index (κ1) is 16.0. The fraction of sp³-hybridized carbons (Fsp3) is 0.857. The van der Waals surface area contributed by atoms with Gasteiger partial charge in [-0.1, -0.05) is 0 Å². The molecule has 21 heavy (non-hydrogen) atoms. The largest absolute Gasteiger partial charge is 0.480 e. The van der Waals surface area contributed by atoms with Gasteiger partial charge in [-0.15, -0.1) is 0 Å². The van der Waals surface area contributed by atoms with Crippen molar-refractivity contribution in [2.45, 2.75) is 31.3 Å². The molecule has 2 fully saturated rings. The highest BCUT2D eigenvalue weighted by Gasteiger charge is 2.32. The summed E-state index contributed by atoms with van der Waals surface area (Å²) in [5, 5.41) is 12.1. The number of carboxylic acids is 1. The predicted molar refractivity (Wildman–Crippen MR) is 79.3 cm³/mol. The number of nitrogens with one attached hydrogen (secondary N) is 1. The molecule has 2 N–H and O–H groups in total. The first-order valence-electron chi connectivity index (χ1n) is 7.65. The van der Waals surface area contributed by atoms with Crippen LogP contribution in [0.25, 0.3) is 0 Å². The first-order valence-corrected chi connectivity index (χ1v) is 7.65. The van der Waals surface area contributed by atoms with Gasteiger partial charge in [-0.3, -0.25) is 4.90 Å². The molecule has 7 nitrogen and oxygen atoms in total. The van der Waals surface area contributed by atoms with Crippen LogP contribution in [0.3, 0.4) is 0 Å². The lowest BCUT2D eigenvalue weighted by molar-refractivity contribution is -0.143. The van der Waals surface area contributed by atoms with E-state index < -0.39 is 12.0 Å². The molecular weight excluding hydrogens is 272 g/mol. The van der Waals surface area contributed by atoms with E-state index in [1.54, 1.807) is 0 Å². The molecule has 0 bridgehead atoms. The Bertz CT molecular complexity index is 390. The van der Waals surface area contributed by atoms with E-state index in [0.717, 1.165) is 32.5 Å². The van der Waals surface area contributed by atoms with Crippen LogP contribution in [0.5, 0.6) is 0 Å². The van der Waals surface area contributed by atoms with Crippen molar-refractivity contribution in [1.29, 1.82) is 0 Å². The summed E-state index contributed by atoms with van der Waals surface area (Å²) in [6.07, 6.45) is 2.30. The Hall–Kier alpha value is -1.34. The maximum absolute atomic E-state index is 12.3. The van der Waals surface area contributed by atoms with Crippen molar-refractivity contribution in [1.82, 2.24) is 20.0 Å². The fourth-order valence-electron chi connectivity index (χ4n) is 3.06. The molecule has 2 saturated heterocycles. The van der Waals surface area contributed by atoms with Crippen LogP contribution in [0.2, 0.25) is 0 Å². The van der Waals surface area contributed by atoms with Gasteiger partial charge in [0.25, 0.3) is 0 Å². The Morgan fingerprint density at radius 1 is 1.19 bits per heavy atom. The second-order valence-electron chi connectivity index (χ2n) is 6.13. The van der Waals surface area contributed by atoms with E-state index in [1.165, 1.54) is 4.90 Å². The number of piperidine rings is 1. The number of carboxylic acid groups (broad SMARTS) is 1. The number of nitrogens with zero attached hydrogens (tertiary/aromatic N) is 3. The highest BCUT2D eigenvalue weighted by Crippen LogP contribution is 2.17. The Balaban J connectivity index is 1.86. The molecule has 120 valence electrons. The van der Waals surface area contributed by atoms with Gasteiger partial charge in [0.2, 0.25) is 0 Å². The fourth-order valence-corrected chi connectivity index (χ4v) is 3.06. The monoisotopic (exact) mass is 298 g/mol.